The first-order valence-corrected chi connectivity index (χ1v) is 5.54. The molecule has 0 amide bonds. The minimum Gasteiger partial charge on any atom is -0.0955 e. The lowest BCUT2D eigenvalue weighted by Gasteiger charge is -2.05. The molecule has 16 heavy (non-hydrogen) atoms. The first-order chi connectivity index (χ1) is 7.75. The van der Waals surface area contributed by atoms with E-state index >= 15 is 0 Å². The van der Waals surface area contributed by atoms with E-state index in [1.54, 1.807) is 0 Å². The van der Waals surface area contributed by atoms with Crippen LogP contribution in [0.5, 0.6) is 0 Å². The van der Waals surface area contributed by atoms with Gasteiger partial charge in [0.2, 0.25) is 0 Å². The van der Waals surface area contributed by atoms with Gasteiger partial charge in [0.1, 0.15) is 0 Å². The largest absolute Gasteiger partial charge is 0.0955 e. The Bertz CT molecular complexity index is 480. The number of rotatable bonds is 3. The summed E-state index contributed by atoms with van der Waals surface area (Å²) in [5.74, 6) is 0. The van der Waals surface area contributed by atoms with Gasteiger partial charge < -0.3 is 0 Å². The second-order valence-electron chi connectivity index (χ2n) is 4.14. The first-order valence-electron chi connectivity index (χ1n) is 5.54. The monoisotopic (exact) mass is 208 g/mol. The molecule has 0 spiro atoms. The van der Waals surface area contributed by atoms with E-state index in [-0.39, 0.29) is 0 Å². The third-order valence-corrected chi connectivity index (χ3v) is 2.67. The molecule has 0 saturated carbocycles. The lowest BCUT2D eigenvalue weighted by molar-refractivity contribution is 1.19. The van der Waals surface area contributed by atoms with Crippen molar-refractivity contribution in [2.24, 2.45) is 0 Å². The molecule has 0 aliphatic heterocycles. The van der Waals surface area contributed by atoms with Crippen LogP contribution < -0.4 is 0 Å². The number of allylic oxidation sites excluding steroid dienone is 1. The fourth-order valence-electron chi connectivity index (χ4n) is 1.78. The lowest BCUT2D eigenvalue weighted by Crippen LogP contribution is -1.89. The van der Waals surface area contributed by atoms with Crippen LogP contribution in [-0.4, -0.2) is 0 Å². The van der Waals surface area contributed by atoms with Crippen LogP contribution in [0.25, 0.3) is 5.57 Å². The van der Waals surface area contributed by atoms with Crippen molar-refractivity contribution in [3.63, 3.8) is 0 Å². The van der Waals surface area contributed by atoms with E-state index in [0.717, 1.165) is 12.0 Å². The average Bonchev–Trinajstić information content (AvgIpc) is 2.30. The molecule has 2 aromatic rings. The fraction of sp³-hybridized carbons (Fsp3) is 0.125. The van der Waals surface area contributed by atoms with E-state index in [2.05, 4.69) is 55.1 Å². The summed E-state index contributed by atoms with van der Waals surface area (Å²) in [7, 11) is 0. The van der Waals surface area contributed by atoms with Gasteiger partial charge in [-0.2, -0.15) is 0 Å². The summed E-state index contributed by atoms with van der Waals surface area (Å²) in [6, 6.07) is 19.1. The Morgan fingerprint density at radius 2 is 1.62 bits per heavy atom. The molecule has 2 rings (SSSR count). The molecule has 0 atom stereocenters. The highest BCUT2D eigenvalue weighted by Gasteiger charge is 1.98. The van der Waals surface area contributed by atoms with E-state index in [0.29, 0.717) is 0 Å². The van der Waals surface area contributed by atoms with Gasteiger partial charge in [0.15, 0.2) is 0 Å². The first kappa shape index (κ1) is 10.7. The Hall–Kier alpha value is -1.82. The van der Waals surface area contributed by atoms with Crippen molar-refractivity contribution < 1.29 is 0 Å². The van der Waals surface area contributed by atoms with Crippen LogP contribution in [0.4, 0.5) is 0 Å². The predicted molar refractivity (Wildman–Crippen MR) is 70.4 cm³/mol. The maximum Gasteiger partial charge on any atom is -0.00256 e. The molecule has 80 valence electrons. The molecule has 0 nitrogen and oxygen atoms in total. The Balaban J connectivity index is 2.22. The molecular weight excluding hydrogens is 192 g/mol. The van der Waals surface area contributed by atoms with Crippen LogP contribution in [0.1, 0.15) is 23.6 Å². The molecule has 2 aromatic carbocycles. The Morgan fingerprint density at radius 3 is 2.31 bits per heavy atom. The molecule has 0 N–H and O–H groups in total. The number of benzene rings is 2. The summed E-state index contributed by atoms with van der Waals surface area (Å²) >= 11 is 0. The van der Waals surface area contributed by atoms with Crippen molar-refractivity contribution >= 4 is 5.57 Å². The summed E-state index contributed by atoms with van der Waals surface area (Å²) < 4.78 is 0. The summed E-state index contributed by atoms with van der Waals surface area (Å²) in [6.07, 6.45) is 0.988. The van der Waals surface area contributed by atoms with Crippen LogP contribution in [0.15, 0.2) is 61.2 Å². The van der Waals surface area contributed by atoms with Gasteiger partial charge in [-0.15, -0.1) is 0 Å². The van der Waals surface area contributed by atoms with Gasteiger partial charge in [-0.05, 0) is 30.0 Å². The Morgan fingerprint density at radius 1 is 0.938 bits per heavy atom. The quantitative estimate of drug-likeness (QED) is 0.705. The maximum absolute atomic E-state index is 3.97. The molecular formula is C16H16. The van der Waals surface area contributed by atoms with Crippen LogP contribution in [-0.2, 0) is 6.42 Å². The minimum absolute atomic E-state index is 0.988. The molecule has 0 aliphatic carbocycles. The van der Waals surface area contributed by atoms with Crippen LogP contribution in [0, 0.1) is 0 Å². The number of hydrogen-bond acceptors (Lipinski definition) is 0. The predicted octanol–water partition coefficient (Wildman–Crippen LogP) is 4.31. The molecule has 0 unspecified atom stereocenters. The smallest absolute Gasteiger partial charge is 0.00256 e. The van der Waals surface area contributed by atoms with Crippen molar-refractivity contribution in [1.29, 1.82) is 0 Å². The highest BCUT2D eigenvalue weighted by molar-refractivity contribution is 5.61. The van der Waals surface area contributed by atoms with E-state index in [9.17, 15) is 0 Å². The third kappa shape index (κ3) is 2.60. The van der Waals surface area contributed by atoms with Gasteiger partial charge in [0.25, 0.3) is 0 Å². The van der Waals surface area contributed by atoms with Gasteiger partial charge in [-0.3, -0.25) is 0 Å². The molecule has 0 fully saturated rings. The summed E-state index contributed by atoms with van der Waals surface area (Å²) in [6.45, 7) is 6.02. The zero-order chi connectivity index (χ0) is 11.4. The van der Waals surface area contributed by atoms with E-state index in [4.69, 9.17) is 0 Å². The van der Waals surface area contributed by atoms with Crippen molar-refractivity contribution in [1.82, 2.24) is 0 Å². The molecule has 0 bridgehead atoms. The van der Waals surface area contributed by atoms with Crippen LogP contribution >= 0.6 is 0 Å². The van der Waals surface area contributed by atoms with Gasteiger partial charge in [-0.25, -0.2) is 0 Å². The maximum atomic E-state index is 3.97. The lowest BCUT2D eigenvalue weighted by atomic mass is 10.0. The second-order valence-corrected chi connectivity index (χ2v) is 4.14. The topological polar surface area (TPSA) is 0 Å². The summed E-state index contributed by atoms with van der Waals surface area (Å²) in [5.41, 5.74) is 5.04. The molecule has 0 heterocycles. The fourth-order valence-corrected chi connectivity index (χ4v) is 1.78. The van der Waals surface area contributed by atoms with Crippen molar-refractivity contribution in [3.8, 4) is 0 Å². The van der Waals surface area contributed by atoms with Crippen molar-refractivity contribution in [2.45, 2.75) is 13.3 Å². The summed E-state index contributed by atoms with van der Waals surface area (Å²) in [4.78, 5) is 0. The van der Waals surface area contributed by atoms with E-state index in [1.807, 2.05) is 13.0 Å². The average molecular weight is 208 g/mol. The molecule has 0 heteroatoms. The molecule has 0 aromatic heterocycles. The van der Waals surface area contributed by atoms with Crippen LogP contribution in [0.2, 0.25) is 0 Å². The van der Waals surface area contributed by atoms with Gasteiger partial charge in [0.05, 0.1) is 0 Å². The Kier molecular flexibility index (Phi) is 3.21. The summed E-state index contributed by atoms with van der Waals surface area (Å²) in [5, 5.41) is 0. The zero-order valence-electron chi connectivity index (χ0n) is 9.61. The van der Waals surface area contributed by atoms with E-state index in [1.165, 1.54) is 16.7 Å². The van der Waals surface area contributed by atoms with Crippen molar-refractivity contribution in [3.05, 3.63) is 77.9 Å². The Labute approximate surface area is 97.3 Å². The standard InChI is InChI=1S/C16H16/c1-13(2)16-10-6-9-15(12-16)11-14-7-4-3-5-8-14/h3-10,12H,1,11H2,2H3. The highest BCUT2D eigenvalue weighted by Crippen LogP contribution is 2.16. The van der Waals surface area contributed by atoms with Crippen LogP contribution in [0.3, 0.4) is 0 Å². The zero-order valence-corrected chi connectivity index (χ0v) is 9.61. The minimum atomic E-state index is 0.988. The third-order valence-electron chi connectivity index (χ3n) is 2.67. The normalized spacial score (nSPS) is 10.1. The molecule has 0 saturated heterocycles. The molecule has 0 aliphatic rings. The highest BCUT2D eigenvalue weighted by atomic mass is 14.0. The van der Waals surface area contributed by atoms with Gasteiger partial charge in [-0.1, -0.05) is 66.7 Å². The second kappa shape index (κ2) is 4.80. The SMILES string of the molecule is C=C(C)c1cccc(Cc2ccccc2)c1. The van der Waals surface area contributed by atoms with Gasteiger partial charge in [0, 0.05) is 0 Å². The van der Waals surface area contributed by atoms with Gasteiger partial charge >= 0.3 is 0 Å². The van der Waals surface area contributed by atoms with E-state index < -0.39 is 0 Å². The number of hydrogen-bond donors (Lipinski definition) is 0. The van der Waals surface area contributed by atoms with Crippen molar-refractivity contribution in [2.75, 3.05) is 0 Å². The molecule has 0 radical (unpaired) electrons.